The van der Waals surface area contributed by atoms with Crippen molar-refractivity contribution in [2.24, 2.45) is 0 Å². The number of nitrogens with zero attached hydrogens (tertiary/aromatic N) is 3. The van der Waals surface area contributed by atoms with Crippen LogP contribution in [-0.2, 0) is 27.5 Å². The molecular weight excluding hydrogens is 514 g/mol. The van der Waals surface area contributed by atoms with Gasteiger partial charge in [0.25, 0.3) is 0 Å². The van der Waals surface area contributed by atoms with Crippen molar-refractivity contribution < 1.29 is 39.6 Å². The van der Waals surface area contributed by atoms with Crippen molar-refractivity contribution in [2.45, 2.75) is 36.3 Å². The molecule has 36 heavy (non-hydrogen) atoms. The molecule has 14 heteroatoms. The summed E-state index contributed by atoms with van der Waals surface area (Å²) in [6.07, 6.45) is -5.74. The van der Waals surface area contributed by atoms with Crippen molar-refractivity contribution in [3.8, 4) is 5.69 Å². The third kappa shape index (κ3) is 5.38. The average Bonchev–Trinajstić information content (AvgIpc) is 3.45. The lowest BCUT2D eigenvalue weighted by molar-refractivity contribution is -0.141. The molecule has 1 N–H and O–H groups in total. The second-order valence-electron chi connectivity index (χ2n) is 8.06. The Bertz CT molecular complexity index is 1380. The number of hydrogen-bond donors (Lipinski definition) is 1. The number of amides is 1. The summed E-state index contributed by atoms with van der Waals surface area (Å²) in [5, 5.41) is 5.78. The normalized spacial score (nSPS) is 18.9. The number of alkyl halides is 4. The molecule has 2 atom stereocenters. The number of halogens is 6. The van der Waals surface area contributed by atoms with Crippen molar-refractivity contribution in [1.29, 1.82) is 0 Å². The second kappa shape index (κ2) is 9.58. The Labute approximate surface area is 201 Å². The largest absolute Gasteiger partial charge is 0.435 e. The van der Waals surface area contributed by atoms with Crippen LogP contribution in [0, 0.1) is 11.6 Å². The van der Waals surface area contributed by atoms with Crippen molar-refractivity contribution >= 4 is 15.9 Å². The summed E-state index contributed by atoms with van der Waals surface area (Å²) >= 11 is 0. The van der Waals surface area contributed by atoms with Gasteiger partial charge < -0.3 is 5.32 Å². The Kier molecular flexibility index (Phi) is 6.84. The van der Waals surface area contributed by atoms with Gasteiger partial charge in [-0.05, 0) is 54.1 Å². The van der Waals surface area contributed by atoms with E-state index >= 15 is 0 Å². The molecule has 2 unspecified atom stereocenters. The Morgan fingerprint density at radius 2 is 1.75 bits per heavy atom. The van der Waals surface area contributed by atoms with E-state index < -0.39 is 64.6 Å². The molecule has 2 aromatic carbocycles. The van der Waals surface area contributed by atoms with Crippen LogP contribution < -0.4 is 5.32 Å². The molecular formula is C22H18F6N4O3S. The highest BCUT2D eigenvalue weighted by molar-refractivity contribution is 7.89. The number of nitrogens with one attached hydrogen (secondary N) is 1. The van der Waals surface area contributed by atoms with Gasteiger partial charge in [0.05, 0.1) is 10.6 Å². The Hall–Kier alpha value is -3.39. The SMILES string of the molecule is O=C(NCc1cc(F)cc(-n2ccc(C(F)(F)F)n2)c1)C1CC(F)CN1S(=O)(=O)c1ccc(F)cc1. The smallest absolute Gasteiger partial charge is 0.351 e. The topological polar surface area (TPSA) is 84.3 Å². The van der Waals surface area contributed by atoms with Crippen LogP contribution in [0.5, 0.6) is 0 Å². The number of rotatable bonds is 6. The molecule has 0 spiro atoms. The molecule has 0 bridgehead atoms. The fraction of sp³-hybridized carbons (Fsp3) is 0.273. The van der Waals surface area contributed by atoms with E-state index in [1.807, 2.05) is 0 Å². The predicted molar refractivity (Wildman–Crippen MR) is 114 cm³/mol. The minimum absolute atomic E-state index is 0.0417. The standard InChI is InChI=1S/C22H18F6N4O3S/c23-14-1-3-18(4-2-14)36(34,35)32-12-16(25)10-19(32)21(33)29-11-13-7-15(24)9-17(8-13)31-6-5-20(30-31)22(26,27)28/h1-9,16,19H,10-12H2,(H,29,33). The molecule has 1 aliphatic heterocycles. The van der Waals surface area contributed by atoms with Crippen LogP contribution in [0.2, 0.25) is 0 Å². The van der Waals surface area contributed by atoms with Crippen molar-refractivity contribution in [1.82, 2.24) is 19.4 Å². The Morgan fingerprint density at radius 1 is 1.06 bits per heavy atom. The number of benzene rings is 2. The van der Waals surface area contributed by atoms with E-state index in [9.17, 15) is 39.6 Å². The second-order valence-corrected chi connectivity index (χ2v) is 9.95. The molecule has 2 heterocycles. The highest BCUT2D eigenvalue weighted by atomic mass is 32.2. The molecule has 1 aromatic heterocycles. The quantitative estimate of drug-likeness (QED) is 0.492. The molecule has 0 aliphatic carbocycles. The van der Waals surface area contributed by atoms with Crippen LogP contribution in [0.15, 0.2) is 59.6 Å². The molecule has 0 radical (unpaired) electrons. The maximum Gasteiger partial charge on any atom is 0.435 e. The van der Waals surface area contributed by atoms with Gasteiger partial charge in [0.15, 0.2) is 5.69 Å². The van der Waals surface area contributed by atoms with Crippen LogP contribution in [0.25, 0.3) is 5.69 Å². The van der Waals surface area contributed by atoms with E-state index in [0.29, 0.717) is 4.31 Å². The lowest BCUT2D eigenvalue weighted by Crippen LogP contribution is -2.45. The van der Waals surface area contributed by atoms with Gasteiger partial charge in [-0.25, -0.2) is 26.3 Å². The Morgan fingerprint density at radius 3 is 2.39 bits per heavy atom. The molecule has 7 nitrogen and oxygen atoms in total. The summed E-state index contributed by atoms with van der Waals surface area (Å²) in [6.45, 7) is -0.905. The monoisotopic (exact) mass is 532 g/mol. The summed E-state index contributed by atoms with van der Waals surface area (Å²) in [5.74, 6) is -2.34. The molecule has 4 rings (SSSR count). The van der Waals surface area contributed by atoms with Gasteiger partial charge in [-0.15, -0.1) is 0 Å². The van der Waals surface area contributed by atoms with Gasteiger partial charge in [0.2, 0.25) is 15.9 Å². The summed E-state index contributed by atoms with van der Waals surface area (Å²) in [5.41, 5.74) is -1.07. The average molecular weight is 532 g/mol. The minimum Gasteiger partial charge on any atom is -0.351 e. The van der Waals surface area contributed by atoms with E-state index in [1.165, 1.54) is 6.07 Å². The third-order valence-corrected chi connectivity index (χ3v) is 7.37. The van der Waals surface area contributed by atoms with Gasteiger partial charge in [0, 0.05) is 25.7 Å². The molecule has 1 amide bonds. The fourth-order valence-electron chi connectivity index (χ4n) is 3.80. The van der Waals surface area contributed by atoms with Gasteiger partial charge >= 0.3 is 6.18 Å². The molecule has 1 aliphatic rings. The molecule has 192 valence electrons. The lowest BCUT2D eigenvalue weighted by atomic mass is 10.1. The van der Waals surface area contributed by atoms with Crippen molar-refractivity contribution in [3.63, 3.8) is 0 Å². The van der Waals surface area contributed by atoms with Crippen LogP contribution in [-0.4, -0.2) is 47.2 Å². The number of hydrogen-bond acceptors (Lipinski definition) is 4. The van der Waals surface area contributed by atoms with Gasteiger partial charge in [-0.2, -0.15) is 22.6 Å². The molecule has 1 saturated heterocycles. The van der Waals surface area contributed by atoms with Gasteiger partial charge in [0.1, 0.15) is 23.8 Å². The summed E-state index contributed by atoms with van der Waals surface area (Å²) < 4.78 is 107. The maximum atomic E-state index is 14.2. The maximum absolute atomic E-state index is 14.2. The first-order valence-electron chi connectivity index (χ1n) is 10.5. The third-order valence-electron chi connectivity index (χ3n) is 5.48. The zero-order chi connectivity index (χ0) is 26.3. The zero-order valence-corrected chi connectivity index (χ0v) is 19.0. The van der Waals surface area contributed by atoms with Gasteiger partial charge in [-0.1, -0.05) is 0 Å². The van der Waals surface area contributed by atoms with Crippen LogP contribution in [0.3, 0.4) is 0 Å². The summed E-state index contributed by atoms with van der Waals surface area (Å²) in [7, 11) is -4.32. The molecule has 0 saturated carbocycles. The number of aromatic nitrogens is 2. The first-order valence-corrected chi connectivity index (χ1v) is 11.9. The predicted octanol–water partition coefficient (Wildman–Crippen LogP) is 3.59. The highest BCUT2D eigenvalue weighted by Gasteiger charge is 2.44. The zero-order valence-electron chi connectivity index (χ0n) is 18.2. The van der Waals surface area contributed by atoms with Crippen molar-refractivity contribution in [3.05, 3.63) is 77.6 Å². The summed E-state index contributed by atoms with van der Waals surface area (Å²) in [6, 6.07) is 6.40. The number of sulfonamides is 1. The van der Waals surface area contributed by atoms with E-state index in [2.05, 4.69) is 10.4 Å². The van der Waals surface area contributed by atoms with Crippen LogP contribution in [0.4, 0.5) is 26.3 Å². The fourth-order valence-corrected chi connectivity index (χ4v) is 5.42. The molecule has 1 fully saturated rings. The van der Waals surface area contributed by atoms with E-state index in [0.717, 1.165) is 53.3 Å². The first-order chi connectivity index (χ1) is 16.8. The lowest BCUT2D eigenvalue weighted by Gasteiger charge is -2.23. The van der Waals surface area contributed by atoms with Crippen molar-refractivity contribution in [2.75, 3.05) is 6.54 Å². The van der Waals surface area contributed by atoms with E-state index in [1.54, 1.807) is 0 Å². The molecule has 3 aromatic rings. The highest BCUT2D eigenvalue weighted by Crippen LogP contribution is 2.29. The van der Waals surface area contributed by atoms with Gasteiger partial charge in [-0.3, -0.25) is 4.79 Å². The van der Waals surface area contributed by atoms with Crippen LogP contribution >= 0.6 is 0 Å². The Balaban J connectivity index is 1.50. The van der Waals surface area contributed by atoms with E-state index in [4.69, 9.17) is 0 Å². The number of carbonyl (C=O) groups excluding carboxylic acids is 1. The first kappa shape index (κ1) is 25.7. The van der Waals surface area contributed by atoms with Crippen LogP contribution in [0.1, 0.15) is 17.7 Å². The minimum atomic E-state index is -4.69. The summed E-state index contributed by atoms with van der Waals surface area (Å²) in [4.78, 5) is 12.5. The van der Waals surface area contributed by atoms with E-state index in [-0.39, 0.29) is 22.7 Å². The number of carbonyl (C=O) groups is 1.